The highest BCUT2D eigenvalue weighted by atomic mass is 35.5. The summed E-state index contributed by atoms with van der Waals surface area (Å²) >= 11 is 6.28. The summed E-state index contributed by atoms with van der Waals surface area (Å²) in [6.45, 7) is 8.40. The molecule has 1 N–H and O–H groups in total. The van der Waals surface area contributed by atoms with Crippen LogP contribution in [0, 0.1) is 24.2 Å². The van der Waals surface area contributed by atoms with Gasteiger partial charge in [-0.05, 0) is 51.9 Å². The molecule has 0 radical (unpaired) electrons. The summed E-state index contributed by atoms with van der Waals surface area (Å²) < 4.78 is 0. The molecular formula is C16H22ClN. The molecular weight excluding hydrogens is 242 g/mol. The number of aryl methyl sites for hydroxylation is 1. The van der Waals surface area contributed by atoms with Gasteiger partial charge in [-0.15, -0.1) is 5.92 Å². The molecule has 0 fully saturated rings. The van der Waals surface area contributed by atoms with E-state index in [0.717, 1.165) is 17.0 Å². The Balaban J connectivity index is 2.86. The summed E-state index contributed by atoms with van der Waals surface area (Å²) in [4.78, 5) is 0. The molecule has 0 aromatic heterocycles. The van der Waals surface area contributed by atoms with Crippen LogP contribution >= 0.6 is 11.6 Å². The van der Waals surface area contributed by atoms with Gasteiger partial charge in [-0.3, -0.25) is 0 Å². The molecule has 0 heterocycles. The number of hydrogen-bond acceptors (Lipinski definition) is 1. The lowest BCUT2D eigenvalue weighted by atomic mass is 9.96. The minimum atomic E-state index is 0.0510. The van der Waals surface area contributed by atoms with Crippen LogP contribution in [0.25, 0.3) is 0 Å². The third kappa shape index (κ3) is 4.72. The predicted octanol–water partition coefficient (Wildman–Crippen LogP) is 4.35. The minimum Gasteiger partial charge on any atom is -0.312 e. The number of nitrogens with one attached hydrogen (secondary N) is 1. The highest BCUT2D eigenvalue weighted by Gasteiger charge is 2.12. The number of benzene rings is 1. The van der Waals surface area contributed by atoms with E-state index >= 15 is 0 Å². The van der Waals surface area contributed by atoms with Gasteiger partial charge in [0, 0.05) is 22.9 Å². The van der Waals surface area contributed by atoms with Crippen LogP contribution in [0.2, 0.25) is 5.02 Å². The SMILES string of the molecule is CNC(CC#CC(C)(C)C)c1ccc(C)cc1Cl. The second-order valence-electron chi connectivity index (χ2n) is 5.62. The molecule has 0 saturated heterocycles. The van der Waals surface area contributed by atoms with Crippen molar-refractivity contribution in [2.75, 3.05) is 7.05 Å². The number of rotatable bonds is 3. The fourth-order valence-corrected chi connectivity index (χ4v) is 2.07. The van der Waals surface area contributed by atoms with Crippen molar-refractivity contribution in [3.05, 3.63) is 34.3 Å². The zero-order chi connectivity index (χ0) is 13.8. The van der Waals surface area contributed by atoms with Gasteiger partial charge in [-0.1, -0.05) is 29.7 Å². The highest BCUT2D eigenvalue weighted by molar-refractivity contribution is 6.31. The van der Waals surface area contributed by atoms with Crippen molar-refractivity contribution in [3.63, 3.8) is 0 Å². The Labute approximate surface area is 116 Å². The molecule has 98 valence electrons. The van der Waals surface area contributed by atoms with E-state index in [1.54, 1.807) is 0 Å². The minimum absolute atomic E-state index is 0.0510. The van der Waals surface area contributed by atoms with E-state index in [0.29, 0.717) is 0 Å². The van der Waals surface area contributed by atoms with Gasteiger partial charge in [-0.25, -0.2) is 0 Å². The molecule has 1 unspecified atom stereocenters. The Hall–Kier alpha value is -0.970. The zero-order valence-electron chi connectivity index (χ0n) is 11.9. The number of hydrogen-bond donors (Lipinski definition) is 1. The van der Waals surface area contributed by atoms with Gasteiger partial charge in [0.1, 0.15) is 0 Å². The topological polar surface area (TPSA) is 12.0 Å². The summed E-state index contributed by atoms with van der Waals surface area (Å²) in [5.74, 6) is 6.50. The fraction of sp³-hybridized carbons (Fsp3) is 0.500. The Morgan fingerprint density at radius 1 is 1.33 bits per heavy atom. The van der Waals surface area contributed by atoms with Crippen LogP contribution in [0.15, 0.2) is 18.2 Å². The molecule has 1 atom stereocenters. The molecule has 1 rings (SSSR count). The van der Waals surface area contributed by atoms with Gasteiger partial charge in [0.2, 0.25) is 0 Å². The highest BCUT2D eigenvalue weighted by Crippen LogP contribution is 2.26. The average molecular weight is 264 g/mol. The lowest BCUT2D eigenvalue weighted by Crippen LogP contribution is -2.16. The maximum Gasteiger partial charge on any atom is 0.0456 e. The third-order valence-corrected chi connectivity index (χ3v) is 2.98. The Morgan fingerprint density at radius 2 is 2.00 bits per heavy atom. The molecule has 0 aliphatic rings. The molecule has 0 bridgehead atoms. The van der Waals surface area contributed by atoms with Crippen LogP contribution in [-0.4, -0.2) is 7.05 Å². The van der Waals surface area contributed by atoms with E-state index in [1.165, 1.54) is 5.56 Å². The van der Waals surface area contributed by atoms with Crippen molar-refractivity contribution in [1.82, 2.24) is 5.32 Å². The molecule has 1 nitrogen and oxygen atoms in total. The first-order valence-electron chi connectivity index (χ1n) is 6.27. The second kappa shape index (κ2) is 6.27. The average Bonchev–Trinajstić information content (AvgIpc) is 2.24. The normalized spacial score (nSPS) is 12.8. The van der Waals surface area contributed by atoms with Crippen LogP contribution in [0.5, 0.6) is 0 Å². The summed E-state index contributed by atoms with van der Waals surface area (Å²) in [6.07, 6.45) is 0.774. The van der Waals surface area contributed by atoms with Gasteiger partial charge in [0.25, 0.3) is 0 Å². The first kappa shape index (κ1) is 15.1. The van der Waals surface area contributed by atoms with Crippen molar-refractivity contribution in [3.8, 4) is 11.8 Å². The van der Waals surface area contributed by atoms with Crippen molar-refractivity contribution in [2.45, 2.75) is 40.2 Å². The van der Waals surface area contributed by atoms with E-state index in [2.05, 4.69) is 50.1 Å². The maximum absolute atomic E-state index is 6.28. The van der Waals surface area contributed by atoms with E-state index in [-0.39, 0.29) is 11.5 Å². The third-order valence-electron chi connectivity index (χ3n) is 2.65. The largest absolute Gasteiger partial charge is 0.312 e. The smallest absolute Gasteiger partial charge is 0.0456 e. The Bertz CT molecular complexity index is 460. The molecule has 0 aliphatic heterocycles. The van der Waals surface area contributed by atoms with Gasteiger partial charge in [0.15, 0.2) is 0 Å². The van der Waals surface area contributed by atoms with Crippen LogP contribution in [0.4, 0.5) is 0 Å². The molecule has 0 amide bonds. The molecule has 18 heavy (non-hydrogen) atoms. The monoisotopic (exact) mass is 263 g/mol. The van der Waals surface area contributed by atoms with Crippen LogP contribution in [0.3, 0.4) is 0 Å². The van der Waals surface area contributed by atoms with Gasteiger partial charge in [0.05, 0.1) is 0 Å². The first-order chi connectivity index (χ1) is 8.33. The van der Waals surface area contributed by atoms with Crippen molar-refractivity contribution in [1.29, 1.82) is 0 Å². The molecule has 0 aliphatic carbocycles. The van der Waals surface area contributed by atoms with Crippen molar-refractivity contribution < 1.29 is 0 Å². The van der Waals surface area contributed by atoms with Crippen LogP contribution < -0.4 is 5.32 Å². The van der Waals surface area contributed by atoms with Crippen molar-refractivity contribution in [2.24, 2.45) is 5.41 Å². The van der Waals surface area contributed by atoms with E-state index in [9.17, 15) is 0 Å². The van der Waals surface area contributed by atoms with E-state index < -0.39 is 0 Å². The molecule has 1 aromatic carbocycles. The lowest BCUT2D eigenvalue weighted by Gasteiger charge is -2.16. The predicted molar refractivity (Wildman–Crippen MR) is 79.8 cm³/mol. The summed E-state index contributed by atoms with van der Waals surface area (Å²) in [7, 11) is 1.94. The van der Waals surface area contributed by atoms with E-state index in [4.69, 9.17) is 11.6 Å². The Kier molecular flexibility index (Phi) is 5.26. The first-order valence-corrected chi connectivity index (χ1v) is 6.64. The quantitative estimate of drug-likeness (QED) is 0.800. The molecule has 0 spiro atoms. The lowest BCUT2D eigenvalue weighted by molar-refractivity contribution is 0.566. The van der Waals surface area contributed by atoms with E-state index in [1.807, 2.05) is 20.0 Å². The molecule has 2 heteroatoms. The van der Waals surface area contributed by atoms with Crippen molar-refractivity contribution >= 4 is 11.6 Å². The van der Waals surface area contributed by atoms with Gasteiger partial charge in [-0.2, -0.15) is 0 Å². The second-order valence-corrected chi connectivity index (χ2v) is 6.03. The summed E-state index contributed by atoms with van der Waals surface area (Å²) in [6, 6.07) is 6.35. The number of halogens is 1. The fourth-order valence-electron chi connectivity index (χ4n) is 1.70. The molecule has 0 saturated carbocycles. The standard InChI is InChI=1S/C16H22ClN/c1-12-8-9-13(14(17)11-12)15(18-5)7-6-10-16(2,3)4/h8-9,11,15,18H,7H2,1-5H3. The Morgan fingerprint density at radius 3 is 2.50 bits per heavy atom. The molecule has 1 aromatic rings. The summed E-state index contributed by atoms with van der Waals surface area (Å²) in [5.41, 5.74) is 2.35. The van der Waals surface area contributed by atoms with Crippen LogP contribution in [-0.2, 0) is 0 Å². The van der Waals surface area contributed by atoms with Gasteiger partial charge < -0.3 is 5.32 Å². The van der Waals surface area contributed by atoms with Crippen LogP contribution in [0.1, 0.15) is 44.4 Å². The zero-order valence-corrected chi connectivity index (χ0v) is 12.7. The maximum atomic E-state index is 6.28. The van der Waals surface area contributed by atoms with Gasteiger partial charge >= 0.3 is 0 Å². The summed E-state index contributed by atoms with van der Waals surface area (Å²) in [5, 5.41) is 4.09.